The zero-order chi connectivity index (χ0) is 22.9. The predicted octanol–water partition coefficient (Wildman–Crippen LogP) is 1.53. The maximum absolute atomic E-state index is 13.4. The number of aromatic amines is 1. The Morgan fingerprint density at radius 1 is 1.16 bits per heavy atom. The van der Waals surface area contributed by atoms with Gasteiger partial charge in [-0.25, -0.2) is 18.4 Å². The van der Waals surface area contributed by atoms with Crippen molar-refractivity contribution in [2.75, 3.05) is 39.8 Å². The molecule has 3 aromatic rings. The van der Waals surface area contributed by atoms with E-state index in [1.807, 2.05) is 25.5 Å². The second-order valence-electron chi connectivity index (χ2n) is 7.79. The molecule has 0 amide bonds. The number of aromatic nitrogens is 4. The molecule has 2 aromatic heterocycles. The molecule has 0 atom stereocenters. The Morgan fingerprint density at radius 3 is 2.59 bits per heavy atom. The van der Waals surface area contributed by atoms with Gasteiger partial charge in [-0.1, -0.05) is 6.92 Å². The van der Waals surface area contributed by atoms with E-state index < -0.39 is 10.0 Å². The first-order valence-corrected chi connectivity index (χ1v) is 12.2. The summed E-state index contributed by atoms with van der Waals surface area (Å²) in [6.45, 7) is 7.10. The van der Waals surface area contributed by atoms with Crippen LogP contribution in [0, 0.1) is 0 Å². The van der Waals surface area contributed by atoms with E-state index in [0.29, 0.717) is 62.1 Å². The number of sulfonamides is 1. The maximum atomic E-state index is 13.4. The van der Waals surface area contributed by atoms with Gasteiger partial charge >= 0.3 is 0 Å². The van der Waals surface area contributed by atoms with Crippen molar-refractivity contribution in [2.24, 2.45) is 0 Å². The summed E-state index contributed by atoms with van der Waals surface area (Å²) in [7, 11) is -1.70. The van der Waals surface area contributed by atoms with E-state index in [1.54, 1.807) is 18.2 Å². The number of piperazine rings is 1. The smallest absolute Gasteiger partial charge is 0.278 e. The second-order valence-corrected chi connectivity index (χ2v) is 9.73. The molecule has 1 aliphatic heterocycles. The van der Waals surface area contributed by atoms with E-state index in [1.165, 1.54) is 10.6 Å². The van der Waals surface area contributed by atoms with E-state index in [9.17, 15) is 13.2 Å². The Balaban J connectivity index is 1.88. The third kappa shape index (κ3) is 4.03. The quantitative estimate of drug-likeness (QED) is 0.569. The van der Waals surface area contributed by atoms with E-state index in [0.717, 1.165) is 6.42 Å². The lowest BCUT2D eigenvalue weighted by Crippen LogP contribution is -2.47. The summed E-state index contributed by atoms with van der Waals surface area (Å²) in [4.78, 5) is 26.0. The van der Waals surface area contributed by atoms with Crippen LogP contribution >= 0.6 is 0 Å². The minimum Gasteiger partial charge on any atom is -0.493 e. The number of nitrogens with zero attached hydrogens (tertiary/aromatic N) is 5. The van der Waals surface area contributed by atoms with E-state index in [4.69, 9.17) is 4.74 Å². The molecule has 0 bridgehead atoms. The zero-order valence-corrected chi connectivity index (χ0v) is 19.4. The summed E-state index contributed by atoms with van der Waals surface area (Å²) in [5.74, 6) is 0.971. The molecule has 32 heavy (non-hydrogen) atoms. The summed E-state index contributed by atoms with van der Waals surface area (Å²) in [6.07, 6.45) is 2.14. The number of hydrogen-bond acceptors (Lipinski definition) is 7. The monoisotopic (exact) mass is 460 g/mol. The fourth-order valence-corrected chi connectivity index (χ4v) is 5.34. The SMILES string of the molecule is CCCn1c(-c2cc(S(=O)(=O)N3CCN(C)CC3)ccc2OCC)nc2c(=O)[nH]cnc21. The Labute approximate surface area is 186 Å². The van der Waals surface area contributed by atoms with Crippen molar-refractivity contribution in [2.45, 2.75) is 31.7 Å². The highest BCUT2D eigenvalue weighted by Crippen LogP contribution is 2.34. The molecule has 1 aliphatic rings. The number of nitrogens with one attached hydrogen (secondary N) is 1. The van der Waals surface area contributed by atoms with Crippen LogP contribution < -0.4 is 10.3 Å². The minimum atomic E-state index is -3.68. The molecular formula is C21H28N6O4S. The molecule has 10 nitrogen and oxygen atoms in total. The number of likely N-dealkylation sites (N-methyl/N-ethyl adjacent to an activating group) is 1. The Bertz CT molecular complexity index is 1280. The van der Waals surface area contributed by atoms with Crippen LogP contribution in [0.3, 0.4) is 0 Å². The van der Waals surface area contributed by atoms with Crippen LogP contribution in [-0.4, -0.2) is 77.0 Å². The van der Waals surface area contributed by atoms with Crippen molar-refractivity contribution in [3.05, 3.63) is 34.9 Å². The van der Waals surface area contributed by atoms with Gasteiger partial charge in [0.2, 0.25) is 10.0 Å². The van der Waals surface area contributed by atoms with Gasteiger partial charge in [0.25, 0.3) is 5.56 Å². The van der Waals surface area contributed by atoms with E-state index >= 15 is 0 Å². The number of aryl methyl sites for hydroxylation is 1. The van der Waals surface area contributed by atoms with Gasteiger partial charge in [0.1, 0.15) is 11.6 Å². The highest BCUT2D eigenvalue weighted by molar-refractivity contribution is 7.89. The van der Waals surface area contributed by atoms with Gasteiger partial charge in [-0.05, 0) is 38.6 Å². The molecule has 0 aliphatic carbocycles. The first-order valence-electron chi connectivity index (χ1n) is 10.8. The molecule has 1 saturated heterocycles. The van der Waals surface area contributed by atoms with Crippen LogP contribution in [0.25, 0.3) is 22.6 Å². The van der Waals surface area contributed by atoms with Crippen molar-refractivity contribution in [1.29, 1.82) is 0 Å². The molecule has 0 unspecified atom stereocenters. The summed E-state index contributed by atoms with van der Waals surface area (Å²) < 4.78 is 35.9. The van der Waals surface area contributed by atoms with Crippen LogP contribution in [-0.2, 0) is 16.6 Å². The predicted molar refractivity (Wildman–Crippen MR) is 121 cm³/mol. The van der Waals surface area contributed by atoms with Crippen LogP contribution in [0.2, 0.25) is 0 Å². The summed E-state index contributed by atoms with van der Waals surface area (Å²) >= 11 is 0. The molecule has 1 aromatic carbocycles. The number of hydrogen-bond donors (Lipinski definition) is 1. The molecule has 1 N–H and O–H groups in total. The summed E-state index contributed by atoms with van der Waals surface area (Å²) in [5.41, 5.74) is 0.851. The first kappa shape index (κ1) is 22.4. The molecule has 172 valence electrons. The van der Waals surface area contributed by atoms with Crippen molar-refractivity contribution < 1.29 is 13.2 Å². The number of ether oxygens (including phenoxy) is 1. The van der Waals surface area contributed by atoms with Gasteiger partial charge in [0.05, 0.1) is 23.4 Å². The lowest BCUT2D eigenvalue weighted by molar-refractivity contribution is 0.222. The normalized spacial score (nSPS) is 16.0. The van der Waals surface area contributed by atoms with Crippen molar-refractivity contribution >= 4 is 21.2 Å². The molecule has 0 radical (unpaired) electrons. The Hall–Kier alpha value is -2.76. The van der Waals surface area contributed by atoms with Crippen molar-refractivity contribution in [3.8, 4) is 17.1 Å². The van der Waals surface area contributed by atoms with Gasteiger partial charge < -0.3 is 19.2 Å². The lowest BCUT2D eigenvalue weighted by atomic mass is 10.2. The fraction of sp³-hybridized carbons (Fsp3) is 0.476. The van der Waals surface area contributed by atoms with Gasteiger partial charge in [0.15, 0.2) is 11.2 Å². The highest BCUT2D eigenvalue weighted by atomic mass is 32.2. The number of benzene rings is 1. The topological polar surface area (TPSA) is 113 Å². The highest BCUT2D eigenvalue weighted by Gasteiger charge is 2.29. The van der Waals surface area contributed by atoms with Crippen LogP contribution in [0.1, 0.15) is 20.3 Å². The van der Waals surface area contributed by atoms with Crippen molar-refractivity contribution in [1.82, 2.24) is 28.7 Å². The third-order valence-electron chi connectivity index (χ3n) is 5.58. The fourth-order valence-electron chi connectivity index (χ4n) is 3.89. The van der Waals surface area contributed by atoms with E-state index in [-0.39, 0.29) is 16.0 Å². The molecule has 3 heterocycles. The molecule has 0 saturated carbocycles. The van der Waals surface area contributed by atoms with Gasteiger partial charge in [-0.15, -0.1) is 0 Å². The third-order valence-corrected chi connectivity index (χ3v) is 7.47. The first-order chi connectivity index (χ1) is 15.4. The Morgan fingerprint density at radius 2 is 1.91 bits per heavy atom. The number of imidazole rings is 1. The number of rotatable bonds is 7. The van der Waals surface area contributed by atoms with Crippen molar-refractivity contribution in [3.63, 3.8) is 0 Å². The largest absolute Gasteiger partial charge is 0.493 e. The average molecular weight is 461 g/mol. The van der Waals surface area contributed by atoms with Crippen LogP contribution in [0.4, 0.5) is 0 Å². The maximum Gasteiger partial charge on any atom is 0.278 e. The van der Waals surface area contributed by atoms with E-state index in [2.05, 4.69) is 19.9 Å². The Kier molecular flexibility index (Phi) is 6.31. The number of H-pyrrole nitrogens is 1. The molecule has 4 rings (SSSR count). The molecule has 11 heteroatoms. The van der Waals surface area contributed by atoms with Gasteiger partial charge in [-0.3, -0.25) is 4.79 Å². The summed E-state index contributed by atoms with van der Waals surface area (Å²) in [5, 5.41) is 0. The minimum absolute atomic E-state index is 0.178. The second kappa shape index (κ2) is 9.00. The van der Waals surface area contributed by atoms with Gasteiger partial charge in [-0.2, -0.15) is 4.31 Å². The lowest BCUT2D eigenvalue weighted by Gasteiger charge is -2.31. The summed E-state index contributed by atoms with van der Waals surface area (Å²) in [6, 6.07) is 4.83. The molecule has 1 fully saturated rings. The van der Waals surface area contributed by atoms with Crippen LogP contribution in [0.15, 0.2) is 34.2 Å². The van der Waals surface area contributed by atoms with Crippen LogP contribution in [0.5, 0.6) is 5.75 Å². The number of fused-ring (bicyclic) bond motifs is 1. The zero-order valence-electron chi connectivity index (χ0n) is 18.5. The molecular weight excluding hydrogens is 432 g/mol. The average Bonchev–Trinajstić information content (AvgIpc) is 3.14. The molecule has 0 spiro atoms. The van der Waals surface area contributed by atoms with Gasteiger partial charge in [0, 0.05) is 32.7 Å². The standard InChI is InChI=1S/C21H28N6O4S/c1-4-8-27-19(24-18-20(27)22-14-23-21(18)28)16-13-15(6-7-17(16)31-5-2)32(29,30)26-11-9-25(3)10-12-26/h6-7,13-14H,4-5,8-12H2,1-3H3,(H,22,23,28).